The number of carbonyl (C=O) groups excluding carboxylic acids is 1. The average Bonchev–Trinajstić information content (AvgIpc) is 2.28. The van der Waals surface area contributed by atoms with Gasteiger partial charge in [-0.2, -0.15) is 0 Å². The molecule has 0 spiro atoms. The molecular weight excluding hydrogens is 252 g/mol. The smallest absolute Gasteiger partial charge is 0.223 e. The number of ether oxygens (including phenoxy) is 1. The van der Waals surface area contributed by atoms with Crippen LogP contribution >= 0.6 is 11.6 Å². The number of nitrogens with one attached hydrogen (secondary N) is 1. The lowest BCUT2D eigenvalue weighted by Crippen LogP contribution is -2.31. The second kappa shape index (κ2) is 7.24. The Bertz CT molecular complexity index is 408. The number of carbonyl (C=O) groups is 1. The Hall–Kier alpha value is -1.26. The van der Waals surface area contributed by atoms with Gasteiger partial charge in [-0.25, -0.2) is 0 Å². The SMILES string of the molecule is CC(C)NC(=O)CCOc1cccc(Cl)c1CN. The first kappa shape index (κ1) is 14.8. The Labute approximate surface area is 112 Å². The molecule has 0 aromatic heterocycles. The fourth-order valence-corrected chi connectivity index (χ4v) is 1.76. The van der Waals surface area contributed by atoms with Crippen molar-refractivity contribution >= 4 is 17.5 Å². The predicted octanol–water partition coefficient (Wildman–Crippen LogP) is 2.09. The summed E-state index contributed by atoms with van der Waals surface area (Å²) in [5.74, 6) is 0.615. The van der Waals surface area contributed by atoms with Gasteiger partial charge in [0.15, 0.2) is 0 Å². The molecule has 1 aromatic rings. The van der Waals surface area contributed by atoms with Gasteiger partial charge >= 0.3 is 0 Å². The highest BCUT2D eigenvalue weighted by molar-refractivity contribution is 6.31. The average molecular weight is 271 g/mol. The van der Waals surface area contributed by atoms with Gasteiger partial charge in [-0.05, 0) is 26.0 Å². The molecule has 0 saturated carbocycles. The number of nitrogens with two attached hydrogens (primary N) is 1. The maximum absolute atomic E-state index is 11.4. The van der Waals surface area contributed by atoms with E-state index in [1.165, 1.54) is 0 Å². The van der Waals surface area contributed by atoms with Crippen LogP contribution in [-0.2, 0) is 11.3 Å². The third kappa shape index (κ3) is 4.55. The summed E-state index contributed by atoms with van der Waals surface area (Å²) >= 11 is 6.00. The summed E-state index contributed by atoms with van der Waals surface area (Å²) in [5, 5.41) is 3.38. The second-order valence-corrected chi connectivity index (χ2v) is 4.65. The molecule has 0 aliphatic rings. The molecule has 100 valence electrons. The highest BCUT2D eigenvalue weighted by Gasteiger charge is 2.08. The van der Waals surface area contributed by atoms with Crippen molar-refractivity contribution in [2.24, 2.45) is 5.73 Å². The number of hydrogen-bond donors (Lipinski definition) is 2. The third-order valence-corrected chi connectivity index (χ3v) is 2.67. The van der Waals surface area contributed by atoms with Crippen LogP contribution in [-0.4, -0.2) is 18.6 Å². The topological polar surface area (TPSA) is 64.3 Å². The zero-order valence-corrected chi connectivity index (χ0v) is 11.5. The molecule has 0 fully saturated rings. The highest BCUT2D eigenvalue weighted by atomic mass is 35.5. The van der Waals surface area contributed by atoms with Crippen LogP contribution in [0.25, 0.3) is 0 Å². The molecule has 1 rings (SSSR count). The van der Waals surface area contributed by atoms with E-state index >= 15 is 0 Å². The van der Waals surface area contributed by atoms with Gasteiger partial charge in [-0.1, -0.05) is 17.7 Å². The van der Waals surface area contributed by atoms with E-state index in [2.05, 4.69) is 5.32 Å². The monoisotopic (exact) mass is 270 g/mol. The zero-order valence-electron chi connectivity index (χ0n) is 10.7. The molecule has 0 bridgehead atoms. The summed E-state index contributed by atoms with van der Waals surface area (Å²) in [7, 11) is 0. The van der Waals surface area contributed by atoms with Crippen LogP contribution in [0.5, 0.6) is 5.75 Å². The van der Waals surface area contributed by atoms with Gasteiger partial charge in [0.2, 0.25) is 5.91 Å². The summed E-state index contributed by atoms with van der Waals surface area (Å²) in [6, 6.07) is 5.50. The zero-order chi connectivity index (χ0) is 13.5. The van der Waals surface area contributed by atoms with E-state index in [-0.39, 0.29) is 11.9 Å². The lowest BCUT2D eigenvalue weighted by Gasteiger charge is -2.12. The van der Waals surface area contributed by atoms with Gasteiger partial charge < -0.3 is 15.8 Å². The van der Waals surface area contributed by atoms with E-state index in [1.54, 1.807) is 18.2 Å². The minimum atomic E-state index is -0.0265. The Balaban J connectivity index is 2.49. The Morgan fingerprint density at radius 3 is 2.83 bits per heavy atom. The Kier molecular flexibility index (Phi) is 5.95. The molecule has 0 atom stereocenters. The van der Waals surface area contributed by atoms with Crippen molar-refractivity contribution in [1.29, 1.82) is 0 Å². The normalized spacial score (nSPS) is 10.5. The fraction of sp³-hybridized carbons (Fsp3) is 0.462. The van der Waals surface area contributed by atoms with E-state index in [4.69, 9.17) is 22.1 Å². The van der Waals surface area contributed by atoms with E-state index in [0.29, 0.717) is 30.3 Å². The van der Waals surface area contributed by atoms with Gasteiger partial charge in [-0.15, -0.1) is 0 Å². The number of halogens is 1. The molecule has 0 aliphatic carbocycles. The first-order valence-electron chi connectivity index (χ1n) is 5.94. The van der Waals surface area contributed by atoms with Crippen LogP contribution in [0.3, 0.4) is 0 Å². The molecule has 1 aromatic carbocycles. The minimum absolute atomic E-state index is 0.0265. The maximum Gasteiger partial charge on any atom is 0.223 e. The number of rotatable bonds is 6. The Morgan fingerprint density at radius 2 is 2.22 bits per heavy atom. The molecule has 0 unspecified atom stereocenters. The largest absolute Gasteiger partial charge is 0.493 e. The molecule has 0 aliphatic heterocycles. The van der Waals surface area contributed by atoms with E-state index in [0.717, 1.165) is 5.56 Å². The summed E-state index contributed by atoms with van der Waals surface area (Å²) in [6.45, 7) is 4.46. The van der Waals surface area contributed by atoms with E-state index in [1.807, 2.05) is 13.8 Å². The van der Waals surface area contributed by atoms with Crippen LogP contribution in [0.2, 0.25) is 5.02 Å². The molecule has 0 radical (unpaired) electrons. The molecule has 4 nitrogen and oxygen atoms in total. The molecule has 18 heavy (non-hydrogen) atoms. The van der Waals surface area contributed by atoms with Crippen LogP contribution < -0.4 is 15.8 Å². The van der Waals surface area contributed by atoms with Crippen molar-refractivity contribution in [3.8, 4) is 5.75 Å². The van der Waals surface area contributed by atoms with Crippen molar-refractivity contribution in [3.05, 3.63) is 28.8 Å². The van der Waals surface area contributed by atoms with Gasteiger partial charge in [0.25, 0.3) is 0 Å². The third-order valence-electron chi connectivity index (χ3n) is 2.32. The predicted molar refractivity (Wildman–Crippen MR) is 72.7 cm³/mol. The minimum Gasteiger partial charge on any atom is -0.493 e. The summed E-state index contributed by atoms with van der Waals surface area (Å²) < 4.78 is 5.54. The maximum atomic E-state index is 11.4. The van der Waals surface area contributed by atoms with Gasteiger partial charge in [0, 0.05) is 23.2 Å². The fourth-order valence-electron chi connectivity index (χ4n) is 1.52. The number of amides is 1. The summed E-state index contributed by atoms with van der Waals surface area (Å²) in [6.07, 6.45) is 0.314. The lowest BCUT2D eigenvalue weighted by atomic mass is 10.2. The Morgan fingerprint density at radius 1 is 1.50 bits per heavy atom. The van der Waals surface area contributed by atoms with E-state index < -0.39 is 0 Å². The standard InChI is InChI=1S/C13H19ClN2O2/c1-9(2)16-13(17)6-7-18-12-5-3-4-11(14)10(12)8-15/h3-5,9H,6-8,15H2,1-2H3,(H,16,17). The van der Waals surface area contributed by atoms with Crippen molar-refractivity contribution in [3.63, 3.8) is 0 Å². The molecule has 1 amide bonds. The van der Waals surface area contributed by atoms with Crippen LogP contribution in [0, 0.1) is 0 Å². The molecular formula is C13H19ClN2O2. The summed E-state index contributed by atoms with van der Waals surface area (Å²) in [4.78, 5) is 11.4. The van der Waals surface area contributed by atoms with Crippen molar-refractivity contribution in [2.75, 3.05) is 6.61 Å². The van der Waals surface area contributed by atoms with Gasteiger partial charge in [-0.3, -0.25) is 4.79 Å². The highest BCUT2D eigenvalue weighted by Crippen LogP contribution is 2.25. The second-order valence-electron chi connectivity index (χ2n) is 4.24. The molecule has 5 heteroatoms. The molecule has 0 saturated heterocycles. The molecule has 3 N–H and O–H groups in total. The van der Waals surface area contributed by atoms with Crippen LogP contribution in [0.1, 0.15) is 25.8 Å². The lowest BCUT2D eigenvalue weighted by molar-refractivity contribution is -0.122. The number of hydrogen-bond acceptors (Lipinski definition) is 3. The van der Waals surface area contributed by atoms with Crippen molar-refractivity contribution in [1.82, 2.24) is 5.32 Å². The van der Waals surface area contributed by atoms with Crippen molar-refractivity contribution in [2.45, 2.75) is 32.9 Å². The first-order chi connectivity index (χ1) is 8.54. The van der Waals surface area contributed by atoms with E-state index in [9.17, 15) is 4.79 Å². The van der Waals surface area contributed by atoms with Gasteiger partial charge in [0.1, 0.15) is 5.75 Å². The van der Waals surface area contributed by atoms with Crippen LogP contribution in [0.4, 0.5) is 0 Å². The molecule has 0 heterocycles. The quantitative estimate of drug-likeness (QED) is 0.832. The number of benzene rings is 1. The summed E-state index contributed by atoms with van der Waals surface area (Å²) in [5.41, 5.74) is 6.37. The van der Waals surface area contributed by atoms with Crippen LogP contribution in [0.15, 0.2) is 18.2 Å². The van der Waals surface area contributed by atoms with Crippen molar-refractivity contribution < 1.29 is 9.53 Å². The van der Waals surface area contributed by atoms with Gasteiger partial charge in [0.05, 0.1) is 13.0 Å². The first-order valence-corrected chi connectivity index (χ1v) is 6.32.